The monoisotopic (exact) mass is 179 g/mol. The van der Waals surface area contributed by atoms with Crippen LogP contribution in [0.2, 0.25) is 0 Å². The van der Waals surface area contributed by atoms with Crippen molar-refractivity contribution in [1.29, 1.82) is 0 Å². The average Bonchev–Trinajstić information content (AvgIpc) is 2.17. The van der Waals surface area contributed by atoms with Gasteiger partial charge in [0.15, 0.2) is 0 Å². The number of allylic oxidation sites excluding steroid dienone is 1. The number of piperidine rings is 1. The van der Waals surface area contributed by atoms with Crippen LogP contribution < -0.4 is 0 Å². The fourth-order valence-electron chi connectivity index (χ4n) is 1.98. The van der Waals surface area contributed by atoms with Crippen LogP contribution in [0.3, 0.4) is 0 Å². The maximum absolute atomic E-state index is 3.97. The fourth-order valence-corrected chi connectivity index (χ4v) is 1.98. The molecule has 0 radical (unpaired) electrons. The minimum absolute atomic E-state index is 0.833. The molecule has 0 amide bonds. The standard InChI is InChI=1S/C12H21N/c1-5-11(4)13-8-6-12(7-9-13)10(2)3/h5,10,12H,1,4,6-9H2,2-3H3. The highest BCUT2D eigenvalue weighted by atomic mass is 15.1. The van der Waals surface area contributed by atoms with E-state index in [2.05, 4.69) is 31.9 Å². The summed E-state index contributed by atoms with van der Waals surface area (Å²) in [5.41, 5.74) is 1.09. The topological polar surface area (TPSA) is 3.24 Å². The van der Waals surface area contributed by atoms with Gasteiger partial charge in [0.05, 0.1) is 0 Å². The molecule has 1 saturated heterocycles. The Morgan fingerprint density at radius 3 is 2.31 bits per heavy atom. The largest absolute Gasteiger partial charge is 0.372 e. The molecule has 0 atom stereocenters. The molecule has 0 aromatic rings. The lowest BCUT2D eigenvalue weighted by atomic mass is 9.86. The molecule has 1 aliphatic heterocycles. The molecule has 0 aromatic carbocycles. The minimum Gasteiger partial charge on any atom is -0.372 e. The summed E-state index contributed by atoms with van der Waals surface area (Å²) >= 11 is 0. The first-order chi connectivity index (χ1) is 6.15. The van der Waals surface area contributed by atoms with Crippen LogP contribution >= 0.6 is 0 Å². The van der Waals surface area contributed by atoms with Crippen LogP contribution in [0.15, 0.2) is 24.9 Å². The molecule has 0 bridgehead atoms. The smallest absolute Gasteiger partial charge is 0.0287 e. The zero-order chi connectivity index (χ0) is 9.84. The minimum atomic E-state index is 0.833. The van der Waals surface area contributed by atoms with E-state index in [1.54, 1.807) is 0 Å². The number of hydrogen-bond acceptors (Lipinski definition) is 1. The lowest BCUT2D eigenvalue weighted by molar-refractivity contribution is 0.195. The van der Waals surface area contributed by atoms with Crippen molar-refractivity contribution in [2.45, 2.75) is 26.7 Å². The Balaban J connectivity index is 2.38. The highest BCUT2D eigenvalue weighted by Gasteiger charge is 2.21. The van der Waals surface area contributed by atoms with E-state index in [1.807, 2.05) is 6.08 Å². The van der Waals surface area contributed by atoms with E-state index in [4.69, 9.17) is 0 Å². The van der Waals surface area contributed by atoms with Gasteiger partial charge in [-0.3, -0.25) is 0 Å². The van der Waals surface area contributed by atoms with E-state index in [0.717, 1.165) is 30.6 Å². The third kappa shape index (κ3) is 2.61. The predicted octanol–water partition coefficient (Wildman–Crippen LogP) is 3.05. The Morgan fingerprint density at radius 1 is 1.38 bits per heavy atom. The normalized spacial score (nSPS) is 19.2. The predicted molar refractivity (Wildman–Crippen MR) is 58.5 cm³/mol. The number of rotatable bonds is 3. The highest BCUT2D eigenvalue weighted by Crippen LogP contribution is 2.25. The SMILES string of the molecule is C=CC(=C)N1CCC(C(C)C)CC1. The Morgan fingerprint density at radius 2 is 1.92 bits per heavy atom. The van der Waals surface area contributed by atoms with Gasteiger partial charge in [-0.2, -0.15) is 0 Å². The Labute approximate surface area is 82.1 Å². The van der Waals surface area contributed by atoms with Gasteiger partial charge in [0.2, 0.25) is 0 Å². The van der Waals surface area contributed by atoms with Gasteiger partial charge >= 0.3 is 0 Å². The molecule has 0 saturated carbocycles. The first-order valence-electron chi connectivity index (χ1n) is 5.21. The van der Waals surface area contributed by atoms with Gasteiger partial charge in [-0.1, -0.05) is 27.0 Å². The maximum atomic E-state index is 3.97. The molecule has 1 rings (SSSR count). The summed E-state index contributed by atoms with van der Waals surface area (Å²) in [6.07, 6.45) is 4.48. The van der Waals surface area contributed by atoms with Gasteiger partial charge in [0, 0.05) is 18.8 Å². The van der Waals surface area contributed by atoms with Crippen LogP contribution in [0.1, 0.15) is 26.7 Å². The summed E-state index contributed by atoms with van der Waals surface area (Å²) in [5, 5.41) is 0. The molecule has 1 nitrogen and oxygen atoms in total. The first kappa shape index (κ1) is 10.4. The third-order valence-electron chi connectivity index (χ3n) is 3.12. The maximum Gasteiger partial charge on any atom is 0.0287 e. The van der Waals surface area contributed by atoms with Crippen molar-refractivity contribution in [2.24, 2.45) is 11.8 Å². The molecule has 1 aliphatic rings. The molecule has 0 N–H and O–H groups in total. The summed E-state index contributed by atoms with van der Waals surface area (Å²) in [6, 6.07) is 0. The van der Waals surface area contributed by atoms with Crippen molar-refractivity contribution in [1.82, 2.24) is 4.90 Å². The molecule has 1 fully saturated rings. The van der Waals surface area contributed by atoms with Crippen LogP contribution in [0.4, 0.5) is 0 Å². The summed E-state index contributed by atoms with van der Waals surface area (Å²) in [7, 11) is 0. The quantitative estimate of drug-likeness (QED) is 0.602. The third-order valence-corrected chi connectivity index (χ3v) is 3.12. The molecule has 1 heterocycles. The van der Waals surface area contributed by atoms with E-state index in [-0.39, 0.29) is 0 Å². The van der Waals surface area contributed by atoms with Crippen LogP contribution in [0, 0.1) is 11.8 Å². The van der Waals surface area contributed by atoms with Gasteiger partial charge in [-0.15, -0.1) is 0 Å². The van der Waals surface area contributed by atoms with Crippen LogP contribution in [-0.4, -0.2) is 18.0 Å². The van der Waals surface area contributed by atoms with Crippen molar-refractivity contribution in [3.8, 4) is 0 Å². The Bertz CT molecular complexity index is 185. The summed E-state index contributed by atoms with van der Waals surface area (Å²) in [5.74, 6) is 1.74. The molecule has 13 heavy (non-hydrogen) atoms. The molecule has 0 aliphatic carbocycles. The van der Waals surface area contributed by atoms with Gasteiger partial charge < -0.3 is 4.90 Å². The summed E-state index contributed by atoms with van der Waals surface area (Å²) in [6.45, 7) is 14.7. The molecule has 0 aromatic heterocycles. The highest BCUT2D eigenvalue weighted by molar-refractivity contribution is 5.10. The molecule has 0 spiro atoms. The van der Waals surface area contributed by atoms with Crippen molar-refractivity contribution in [3.05, 3.63) is 24.9 Å². The van der Waals surface area contributed by atoms with Crippen LogP contribution in [-0.2, 0) is 0 Å². The second-order valence-electron chi connectivity index (χ2n) is 4.26. The van der Waals surface area contributed by atoms with Crippen molar-refractivity contribution < 1.29 is 0 Å². The summed E-state index contributed by atoms with van der Waals surface area (Å²) < 4.78 is 0. The molecule has 0 unspecified atom stereocenters. The zero-order valence-corrected chi connectivity index (χ0v) is 8.92. The van der Waals surface area contributed by atoms with E-state index < -0.39 is 0 Å². The second kappa shape index (κ2) is 4.50. The number of nitrogens with zero attached hydrogens (tertiary/aromatic N) is 1. The van der Waals surface area contributed by atoms with Gasteiger partial charge in [0.25, 0.3) is 0 Å². The van der Waals surface area contributed by atoms with Crippen molar-refractivity contribution in [2.75, 3.05) is 13.1 Å². The van der Waals surface area contributed by atoms with E-state index in [9.17, 15) is 0 Å². The average molecular weight is 179 g/mol. The van der Waals surface area contributed by atoms with Crippen molar-refractivity contribution in [3.63, 3.8) is 0 Å². The Hall–Kier alpha value is -0.720. The second-order valence-corrected chi connectivity index (χ2v) is 4.26. The van der Waals surface area contributed by atoms with E-state index in [1.165, 1.54) is 12.8 Å². The van der Waals surface area contributed by atoms with Gasteiger partial charge in [-0.25, -0.2) is 0 Å². The fraction of sp³-hybridized carbons (Fsp3) is 0.667. The molecule has 1 heteroatoms. The van der Waals surface area contributed by atoms with Crippen molar-refractivity contribution >= 4 is 0 Å². The first-order valence-corrected chi connectivity index (χ1v) is 5.21. The number of hydrogen-bond donors (Lipinski definition) is 0. The van der Waals surface area contributed by atoms with E-state index in [0.29, 0.717) is 0 Å². The van der Waals surface area contributed by atoms with Gasteiger partial charge in [-0.05, 0) is 30.8 Å². The lowest BCUT2D eigenvalue weighted by Gasteiger charge is -2.35. The zero-order valence-electron chi connectivity index (χ0n) is 8.92. The molecular formula is C12H21N. The Kier molecular flexibility index (Phi) is 3.58. The van der Waals surface area contributed by atoms with Gasteiger partial charge in [0.1, 0.15) is 0 Å². The number of likely N-dealkylation sites (tertiary alicyclic amines) is 1. The van der Waals surface area contributed by atoms with Crippen LogP contribution in [0.5, 0.6) is 0 Å². The summed E-state index contributed by atoms with van der Waals surface area (Å²) in [4.78, 5) is 2.34. The van der Waals surface area contributed by atoms with E-state index >= 15 is 0 Å². The van der Waals surface area contributed by atoms with Crippen LogP contribution in [0.25, 0.3) is 0 Å². The molecular weight excluding hydrogens is 158 g/mol. The molecule has 74 valence electrons. The lowest BCUT2D eigenvalue weighted by Crippen LogP contribution is -2.33.